The van der Waals surface area contributed by atoms with Crippen molar-refractivity contribution in [2.75, 3.05) is 0 Å². The molecule has 2 aromatic rings. The first-order valence-corrected chi connectivity index (χ1v) is 8.64. The van der Waals surface area contributed by atoms with Gasteiger partial charge in [0.1, 0.15) is 0 Å². The van der Waals surface area contributed by atoms with E-state index in [1.54, 1.807) is 11.3 Å². The maximum Gasteiger partial charge on any atom is 0.172 e. The van der Waals surface area contributed by atoms with Crippen LogP contribution in [0.3, 0.4) is 0 Å². The highest BCUT2D eigenvalue weighted by Gasteiger charge is 2.09. The molecule has 0 aliphatic heterocycles. The monoisotopic (exact) mass is 288 g/mol. The van der Waals surface area contributed by atoms with Crippen LogP contribution in [0.15, 0.2) is 30.3 Å². The molecular formula is C18H24OS. The van der Waals surface area contributed by atoms with Crippen molar-refractivity contribution in [2.45, 2.75) is 58.3 Å². The Balaban J connectivity index is 1.72. The number of unbranched alkanes of at least 4 members (excludes halogenated alkanes) is 6. The van der Waals surface area contributed by atoms with Gasteiger partial charge in [-0.15, -0.1) is 11.3 Å². The van der Waals surface area contributed by atoms with Crippen LogP contribution in [0.1, 0.15) is 68.0 Å². The average Bonchev–Trinajstić information content (AvgIpc) is 2.90. The Kier molecular flexibility index (Phi) is 6.25. The molecule has 0 N–H and O–H groups in total. The van der Waals surface area contributed by atoms with Crippen LogP contribution in [0.5, 0.6) is 0 Å². The van der Waals surface area contributed by atoms with E-state index >= 15 is 0 Å². The largest absolute Gasteiger partial charge is 0.293 e. The molecule has 1 aromatic carbocycles. The minimum absolute atomic E-state index is 0.319. The third kappa shape index (κ3) is 4.45. The van der Waals surface area contributed by atoms with E-state index in [2.05, 4.69) is 19.1 Å². The summed E-state index contributed by atoms with van der Waals surface area (Å²) in [5, 5.41) is 1.19. The van der Waals surface area contributed by atoms with Crippen molar-refractivity contribution in [2.24, 2.45) is 0 Å². The van der Waals surface area contributed by atoms with Crippen molar-refractivity contribution in [1.29, 1.82) is 0 Å². The molecule has 0 unspecified atom stereocenters. The summed E-state index contributed by atoms with van der Waals surface area (Å²) < 4.78 is 1.22. The summed E-state index contributed by atoms with van der Waals surface area (Å²) in [5.74, 6) is 0.319. The maximum absolute atomic E-state index is 12.2. The fourth-order valence-corrected chi connectivity index (χ4v) is 3.52. The van der Waals surface area contributed by atoms with Gasteiger partial charge in [0.15, 0.2) is 5.78 Å². The molecule has 1 heterocycles. The van der Waals surface area contributed by atoms with Crippen molar-refractivity contribution in [3.05, 3.63) is 35.2 Å². The second-order valence-electron chi connectivity index (χ2n) is 5.44. The second-order valence-corrected chi connectivity index (χ2v) is 6.53. The molecule has 108 valence electrons. The third-order valence-electron chi connectivity index (χ3n) is 3.71. The number of ketones is 1. The lowest BCUT2D eigenvalue weighted by atomic mass is 10.1. The van der Waals surface area contributed by atoms with Crippen LogP contribution in [0.4, 0.5) is 0 Å². The number of hydrogen-bond donors (Lipinski definition) is 0. The average molecular weight is 288 g/mol. The Hall–Kier alpha value is -1.15. The first-order valence-electron chi connectivity index (χ1n) is 7.83. The number of hydrogen-bond acceptors (Lipinski definition) is 2. The lowest BCUT2D eigenvalue weighted by Gasteiger charge is -2.00. The normalized spacial score (nSPS) is 11.1. The highest BCUT2D eigenvalue weighted by molar-refractivity contribution is 7.20. The molecule has 2 rings (SSSR count). The van der Waals surface area contributed by atoms with Crippen LogP contribution in [-0.4, -0.2) is 5.78 Å². The molecule has 0 saturated heterocycles. The number of rotatable bonds is 9. The van der Waals surface area contributed by atoms with Gasteiger partial charge in [-0.05, 0) is 23.9 Å². The summed E-state index contributed by atoms with van der Waals surface area (Å²) in [5.41, 5.74) is 0. The molecule has 0 fully saturated rings. The van der Waals surface area contributed by atoms with Crippen LogP contribution in [0, 0.1) is 0 Å². The van der Waals surface area contributed by atoms with Crippen LogP contribution in [-0.2, 0) is 0 Å². The number of carbonyl (C=O) groups is 1. The summed E-state index contributed by atoms with van der Waals surface area (Å²) >= 11 is 1.63. The highest BCUT2D eigenvalue weighted by atomic mass is 32.1. The SMILES string of the molecule is CCCCCCCCCC(=O)c1cc2ccccc2s1. The van der Waals surface area contributed by atoms with Crippen molar-refractivity contribution >= 4 is 27.2 Å². The summed E-state index contributed by atoms with van der Waals surface area (Å²) in [6.07, 6.45) is 9.54. The summed E-state index contributed by atoms with van der Waals surface area (Å²) in [6.45, 7) is 2.24. The zero-order valence-corrected chi connectivity index (χ0v) is 13.2. The van der Waals surface area contributed by atoms with E-state index in [-0.39, 0.29) is 0 Å². The molecule has 0 aliphatic carbocycles. The number of Topliss-reactive ketones (excluding diaryl/α,β-unsaturated/α-hetero) is 1. The van der Waals surface area contributed by atoms with Gasteiger partial charge in [0.25, 0.3) is 0 Å². The van der Waals surface area contributed by atoms with Crippen molar-refractivity contribution in [3.8, 4) is 0 Å². The van der Waals surface area contributed by atoms with Crippen molar-refractivity contribution in [1.82, 2.24) is 0 Å². The highest BCUT2D eigenvalue weighted by Crippen LogP contribution is 2.26. The van der Waals surface area contributed by atoms with Gasteiger partial charge in [-0.2, -0.15) is 0 Å². The molecule has 1 aromatic heterocycles. The Bertz CT molecular complexity index is 508. The number of thiophene rings is 1. The Morgan fingerprint density at radius 1 is 1.00 bits per heavy atom. The standard InChI is InChI=1S/C18H24OS/c1-2-3-4-5-6-7-8-12-16(19)18-14-15-11-9-10-13-17(15)20-18/h9-11,13-14H,2-8,12H2,1H3. The molecule has 0 aliphatic rings. The van der Waals surface area contributed by atoms with Gasteiger partial charge in [-0.25, -0.2) is 0 Å². The lowest BCUT2D eigenvalue weighted by Crippen LogP contribution is -1.95. The van der Waals surface area contributed by atoms with Crippen molar-refractivity contribution < 1.29 is 4.79 Å². The molecule has 0 radical (unpaired) electrons. The Morgan fingerprint density at radius 2 is 1.70 bits per heavy atom. The Morgan fingerprint density at radius 3 is 2.45 bits per heavy atom. The minimum Gasteiger partial charge on any atom is -0.293 e. The van der Waals surface area contributed by atoms with Gasteiger partial charge in [0.05, 0.1) is 4.88 Å². The summed E-state index contributed by atoms with van der Waals surface area (Å²) in [4.78, 5) is 13.1. The third-order valence-corrected chi connectivity index (χ3v) is 4.86. The van der Waals surface area contributed by atoms with Gasteiger partial charge < -0.3 is 0 Å². The van der Waals surface area contributed by atoms with E-state index in [1.165, 1.54) is 48.6 Å². The first-order chi connectivity index (χ1) is 9.81. The number of fused-ring (bicyclic) bond motifs is 1. The maximum atomic E-state index is 12.2. The van der Waals surface area contributed by atoms with Gasteiger partial charge in [-0.3, -0.25) is 4.79 Å². The smallest absolute Gasteiger partial charge is 0.172 e. The zero-order valence-electron chi connectivity index (χ0n) is 12.4. The van der Waals surface area contributed by atoms with E-state index in [0.717, 1.165) is 11.3 Å². The number of carbonyl (C=O) groups excluding carboxylic acids is 1. The Labute approximate surface area is 126 Å². The van der Waals surface area contributed by atoms with Gasteiger partial charge in [0, 0.05) is 11.1 Å². The molecule has 0 spiro atoms. The van der Waals surface area contributed by atoms with Gasteiger partial charge >= 0.3 is 0 Å². The molecule has 2 heteroatoms. The molecule has 0 amide bonds. The van der Waals surface area contributed by atoms with Gasteiger partial charge in [-0.1, -0.05) is 63.6 Å². The van der Waals surface area contributed by atoms with Crippen LogP contribution >= 0.6 is 11.3 Å². The molecule has 0 saturated carbocycles. The van der Waals surface area contributed by atoms with Gasteiger partial charge in [0.2, 0.25) is 0 Å². The van der Waals surface area contributed by atoms with E-state index in [4.69, 9.17) is 0 Å². The molecule has 1 nitrogen and oxygen atoms in total. The lowest BCUT2D eigenvalue weighted by molar-refractivity contribution is 0.0983. The first kappa shape index (κ1) is 15.2. The fraction of sp³-hybridized carbons (Fsp3) is 0.500. The molecule has 0 bridgehead atoms. The van der Waals surface area contributed by atoms with Crippen LogP contribution in [0.25, 0.3) is 10.1 Å². The fourth-order valence-electron chi connectivity index (χ4n) is 2.49. The zero-order chi connectivity index (χ0) is 14.2. The van der Waals surface area contributed by atoms with Crippen LogP contribution in [0.2, 0.25) is 0 Å². The summed E-state index contributed by atoms with van der Waals surface area (Å²) in [6, 6.07) is 10.3. The van der Waals surface area contributed by atoms with E-state index in [9.17, 15) is 4.79 Å². The van der Waals surface area contributed by atoms with E-state index < -0.39 is 0 Å². The molecule has 20 heavy (non-hydrogen) atoms. The second kappa shape index (κ2) is 8.21. The predicted molar refractivity (Wildman–Crippen MR) is 88.8 cm³/mol. The molecule has 0 atom stereocenters. The molecular weight excluding hydrogens is 264 g/mol. The summed E-state index contributed by atoms with van der Waals surface area (Å²) in [7, 11) is 0. The predicted octanol–water partition coefficient (Wildman–Crippen LogP) is 6.22. The van der Waals surface area contributed by atoms with E-state index in [0.29, 0.717) is 12.2 Å². The topological polar surface area (TPSA) is 17.1 Å². The number of benzene rings is 1. The quantitative estimate of drug-likeness (QED) is 0.395. The minimum atomic E-state index is 0.319. The van der Waals surface area contributed by atoms with Crippen LogP contribution < -0.4 is 0 Å². The van der Waals surface area contributed by atoms with Crippen molar-refractivity contribution in [3.63, 3.8) is 0 Å². The van der Waals surface area contributed by atoms with E-state index in [1.807, 2.05) is 18.2 Å².